The predicted octanol–water partition coefficient (Wildman–Crippen LogP) is 0.259. The van der Waals surface area contributed by atoms with Crippen LogP contribution in [-0.4, -0.2) is 56.1 Å². The van der Waals surface area contributed by atoms with Gasteiger partial charge in [0.25, 0.3) is 0 Å². The molecular weight excluding hydrogens is 270 g/mol. The van der Waals surface area contributed by atoms with Crippen molar-refractivity contribution in [2.24, 2.45) is 11.1 Å². The summed E-state index contributed by atoms with van der Waals surface area (Å²) in [6, 6.07) is 0.160. The monoisotopic (exact) mass is 297 g/mol. The van der Waals surface area contributed by atoms with Gasteiger partial charge in [0.15, 0.2) is 0 Å². The fourth-order valence-corrected chi connectivity index (χ4v) is 3.40. The Bertz CT molecular complexity index is 372. The molecule has 0 atom stereocenters. The van der Waals surface area contributed by atoms with Gasteiger partial charge in [0, 0.05) is 32.8 Å². The van der Waals surface area contributed by atoms with E-state index in [1.165, 1.54) is 7.11 Å². The molecule has 1 aliphatic heterocycles. The number of rotatable bonds is 5. The molecule has 1 heterocycles. The number of nitrogens with two attached hydrogens (primary N) is 1. The van der Waals surface area contributed by atoms with Gasteiger partial charge < -0.3 is 20.7 Å². The maximum absolute atomic E-state index is 12.5. The minimum absolute atomic E-state index is 0.0245. The summed E-state index contributed by atoms with van der Waals surface area (Å²) < 4.78 is 4.87. The molecule has 3 N–H and O–H groups in total. The van der Waals surface area contributed by atoms with E-state index in [0.29, 0.717) is 19.6 Å². The fourth-order valence-electron chi connectivity index (χ4n) is 3.40. The van der Waals surface area contributed by atoms with Crippen LogP contribution in [0.25, 0.3) is 0 Å². The molecular formula is C15H27N3O3. The molecule has 1 saturated carbocycles. The highest BCUT2D eigenvalue weighted by molar-refractivity contribution is 5.83. The minimum Gasteiger partial charge on any atom is -0.375 e. The Labute approximate surface area is 126 Å². The Hall–Kier alpha value is -1.14. The third kappa shape index (κ3) is 3.74. The van der Waals surface area contributed by atoms with Crippen LogP contribution in [0.1, 0.15) is 38.5 Å². The van der Waals surface area contributed by atoms with Crippen molar-refractivity contribution in [2.45, 2.75) is 44.6 Å². The van der Waals surface area contributed by atoms with Crippen LogP contribution in [0.3, 0.4) is 0 Å². The lowest BCUT2D eigenvalue weighted by Gasteiger charge is -2.35. The molecule has 1 aliphatic carbocycles. The Balaban J connectivity index is 1.80. The number of nitrogens with zero attached hydrogens (tertiary/aromatic N) is 1. The largest absolute Gasteiger partial charge is 0.375 e. The molecule has 0 radical (unpaired) electrons. The maximum Gasteiger partial charge on any atom is 0.248 e. The summed E-state index contributed by atoms with van der Waals surface area (Å²) in [6.07, 6.45) is 5.61. The predicted molar refractivity (Wildman–Crippen MR) is 79.6 cm³/mol. The average molecular weight is 297 g/mol. The van der Waals surface area contributed by atoms with Crippen molar-refractivity contribution in [1.82, 2.24) is 10.2 Å². The molecule has 0 unspecified atom stereocenters. The van der Waals surface area contributed by atoms with Crippen LogP contribution in [0.15, 0.2) is 0 Å². The lowest BCUT2D eigenvalue weighted by molar-refractivity contribution is -0.136. The zero-order valence-electron chi connectivity index (χ0n) is 12.9. The summed E-state index contributed by atoms with van der Waals surface area (Å²) in [6.45, 7) is 1.93. The van der Waals surface area contributed by atoms with Crippen molar-refractivity contribution in [3.05, 3.63) is 0 Å². The van der Waals surface area contributed by atoms with Crippen molar-refractivity contribution in [1.29, 1.82) is 0 Å². The number of hydrogen-bond donors (Lipinski definition) is 2. The Morgan fingerprint density at radius 1 is 1.29 bits per heavy atom. The summed E-state index contributed by atoms with van der Waals surface area (Å²) in [5, 5.41) is 3.16. The van der Waals surface area contributed by atoms with Crippen molar-refractivity contribution >= 4 is 11.8 Å². The van der Waals surface area contributed by atoms with Crippen molar-refractivity contribution in [2.75, 3.05) is 33.4 Å². The smallest absolute Gasteiger partial charge is 0.248 e. The number of nitrogens with one attached hydrogen (secondary N) is 1. The molecule has 0 aromatic rings. The number of hydrogen-bond acceptors (Lipinski definition) is 4. The molecule has 0 aromatic heterocycles. The standard InChI is InChI=1S/C15H27N3O3/c1-21-10-13(19)18-8-4-12(5-9-18)17-14(20)15(11-16)6-2-3-7-15/h12H,2-11,16H2,1H3,(H,17,20). The molecule has 2 amide bonds. The normalized spacial score (nSPS) is 22.3. The molecule has 2 aliphatic rings. The first kappa shape index (κ1) is 16.2. The minimum atomic E-state index is -0.344. The summed E-state index contributed by atoms with van der Waals surface area (Å²) in [4.78, 5) is 26.0. The number of piperidine rings is 1. The first-order valence-corrected chi connectivity index (χ1v) is 7.89. The van der Waals surface area contributed by atoms with Crippen LogP contribution in [-0.2, 0) is 14.3 Å². The summed E-state index contributed by atoms with van der Waals surface area (Å²) in [5.41, 5.74) is 5.50. The van der Waals surface area contributed by atoms with Gasteiger partial charge in [-0.1, -0.05) is 12.8 Å². The lowest BCUT2D eigenvalue weighted by Crippen LogP contribution is -2.52. The first-order valence-electron chi connectivity index (χ1n) is 7.89. The second kappa shape index (κ2) is 7.22. The Morgan fingerprint density at radius 2 is 1.90 bits per heavy atom. The highest BCUT2D eigenvalue weighted by Crippen LogP contribution is 2.37. The van der Waals surface area contributed by atoms with Crippen molar-refractivity contribution in [3.8, 4) is 0 Å². The molecule has 0 bridgehead atoms. The van der Waals surface area contributed by atoms with E-state index in [4.69, 9.17) is 10.5 Å². The van der Waals surface area contributed by atoms with Crippen molar-refractivity contribution < 1.29 is 14.3 Å². The Morgan fingerprint density at radius 3 is 2.43 bits per heavy atom. The van der Waals surface area contributed by atoms with E-state index < -0.39 is 0 Å². The number of carbonyl (C=O) groups excluding carboxylic acids is 2. The number of amides is 2. The molecule has 0 spiro atoms. The van der Waals surface area contributed by atoms with Gasteiger partial charge in [-0.2, -0.15) is 0 Å². The van der Waals surface area contributed by atoms with Crippen LogP contribution >= 0.6 is 0 Å². The Kier molecular flexibility index (Phi) is 5.58. The third-order valence-corrected chi connectivity index (χ3v) is 4.88. The summed E-state index contributed by atoms with van der Waals surface area (Å²) in [5.74, 6) is 0.140. The van der Waals surface area contributed by atoms with E-state index in [-0.39, 0.29) is 29.9 Å². The number of methoxy groups -OCH3 is 1. The van der Waals surface area contributed by atoms with Gasteiger partial charge in [0.1, 0.15) is 6.61 Å². The summed E-state index contributed by atoms with van der Waals surface area (Å²) >= 11 is 0. The van der Waals surface area contributed by atoms with E-state index >= 15 is 0 Å². The molecule has 6 nitrogen and oxygen atoms in total. The van der Waals surface area contributed by atoms with Crippen LogP contribution in [0, 0.1) is 5.41 Å². The lowest BCUT2D eigenvalue weighted by atomic mass is 9.84. The van der Waals surface area contributed by atoms with Crippen LogP contribution in [0.5, 0.6) is 0 Å². The number of carbonyl (C=O) groups is 2. The van der Waals surface area contributed by atoms with Gasteiger partial charge in [0.05, 0.1) is 5.41 Å². The van der Waals surface area contributed by atoms with E-state index in [1.807, 2.05) is 0 Å². The third-order valence-electron chi connectivity index (χ3n) is 4.88. The zero-order chi connectivity index (χ0) is 15.3. The molecule has 2 rings (SSSR count). The van der Waals surface area contributed by atoms with Gasteiger partial charge in [-0.3, -0.25) is 9.59 Å². The number of likely N-dealkylation sites (tertiary alicyclic amines) is 1. The van der Waals surface area contributed by atoms with Gasteiger partial charge in [-0.25, -0.2) is 0 Å². The number of ether oxygens (including phenoxy) is 1. The van der Waals surface area contributed by atoms with Crippen molar-refractivity contribution in [3.63, 3.8) is 0 Å². The second-order valence-electron chi connectivity index (χ2n) is 6.25. The summed E-state index contributed by atoms with van der Waals surface area (Å²) in [7, 11) is 1.53. The van der Waals surface area contributed by atoms with E-state index in [2.05, 4.69) is 5.32 Å². The quantitative estimate of drug-likeness (QED) is 0.762. The molecule has 0 aromatic carbocycles. The van der Waals surface area contributed by atoms with E-state index in [1.54, 1.807) is 4.90 Å². The molecule has 1 saturated heterocycles. The SMILES string of the molecule is COCC(=O)N1CCC(NC(=O)C2(CN)CCCC2)CC1. The second-order valence-corrected chi connectivity index (χ2v) is 6.25. The zero-order valence-corrected chi connectivity index (χ0v) is 12.9. The fraction of sp³-hybridized carbons (Fsp3) is 0.867. The van der Waals surface area contributed by atoms with Gasteiger partial charge in [-0.05, 0) is 25.7 Å². The average Bonchev–Trinajstić information content (AvgIpc) is 2.98. The molecule has 2 fully saturated rings. The van der Waals surface area contributed by atoms with Crippen LogP contribution in [0.2, 0.25) is 0 Å². The first-order chi connectivity index (χ1) is 10.1. The molecule has 120 valence electrons. The molecule has 6 heteroatoms. The highest BCUT2D eigenvalue weighted by atomic mass is 16.5. The van der Waals surface area contributed by atoms with Crippen LogP contribution in [0.4, 0.5) is 0 Å². The van der Waals surface area contributed by atoms with Gasteiger partial charge in [-0.15, -0.1) is 0 Å². The van der Waals surface area contributed by atoms with Crippen LogP contribution < -0.4 is 11.1 Å². The van der Waals surface area contributed by atoms with E-state index in [0.717, 1.165) is 38.5 Å². The van der Waals surface area contributed by atoms with Gasteiger partial charge >= 0.3 is 0 Å². The molecule has 21 heavy (non-hydrogen) atoms. The van der Waals surface area contributed by atoms with Gasteiger partial charge in [0.2, 0.25) is 11.8 Å². The maximum atomic E-state index is 12.5. The van der Waals surface area contributed by atoms with E-state index in [9.17, 15) is 9.59 Å². The highest BCUT2D eigenvalue weighted by Gasteiger charge is 2.40. The topological polar surface area (TPSA) is 84.7 Å².